The van der Waals surface area contributed by atoms with Crippen LogP contribution in [0.15, 0.2) is 18.2 Å². The Bertz CT molecular complexity index is 526. The lowest BCUT2D eigenvalue weighted by atomic mass is 10.3. The largest absolute Gasteiger partial charge is 0.495 e. The lowest BCUT2D eigenvalue weighted by molar-refractivity contribution is 0.413. The zero-order valence-electron chi connectivity index (χ0n) is 12.2. The van der Waals surface area contributed by atoms with Gasteiger partial charge >= 0.3 is 10.2 Å². The summed E-state index contributed by atoms with van der Waals surface area (Å²) in [7, 11) is -2.06. The summed E-state index contributed by atoms with van der Waals surface area (Å²) in [6, 6.07) is 4.80. The third kappa shape index (κ3) is 4.28. The number of methoxy groups -OCH3 is 1. The predicted octanol–water partition coefficient (Wildman–Crippen LogP) is 2.06. The molecule has 0 aliphatic rings. The van der Waals surface area contributed by atoms with Crippen LogP contribution >= 0.6 is 0 Å². The number of benzene rings is 1. The Morgan fingerprint density at radius 2 is 1.85 bits per heavy atom. The molecule has 0 radical (unpaired) electrons. The van der Waals surface area contributed by atoms with Crippen LogP contribution in [0.2, 0.25) is 0 Å². The highest BCUT2D eigenvalue weighted by atomic mass is 32.2. The highest BCUT2D eigenvalue weighted by Gasteiger charge is 2.20. The zero-order chi connectivity index (χ0) is 15.2. The number of rotatable bonds is 8. The van der Waals surface area contributed by atoms with E-state index < -0.39 is 10.2 Å². The Balaban J connectivity index is 2.94. The molecule has 0 saturated heterocycles. The Hall–Kier alpha value is -1.47. The molecule has 114 valence electrons. The maximum atomic E-state index is 12.3. The number of nitrogens with zero attached hydrogens (tertiary/aromatic N) is 1. The van der Waals surface area contributed by atoms with Crippen molar-refractivity contribution in [3.8, 4) is 5.75 Å². The minimum atomic E-state index is -3.55. The van der Waals surface area contributed by atoms with E-state index in [1.807, 2.05) is 13.8 Å². The summed E-state index contributed by atoms with van der Waals surface area (Å²) in [5.74, 6) is 0.447. The lowest BCUT2D eigenvalue weighted by Gasteiger charge is -2.22. The SMILES string of the molecule is CCCN(CCC)S(=O)(=O)Nc1ccc(N)c(OC)c1. The predicted molar refractivity (Wildman–Crippen MR) is 82.1 cm³/mol. The van der Waals surface area contributed by atoms with Gasteiger partial charge in [-0.25, -0.2) is 0 Å². The second kappa shape index (κ2) is 7.35. The van der Waals surface area contributed by atoms with E-state index >= 15 is 0 Å². The van der Waals surface area contributed by atoms with E-state index in [2.05, 4.69) is 4.72 Å². The molecule has 20 heavy (non-hydrogen) atoms. The molecule has 0 heterocycles. The third-order valence-corrected chi connectivity index (χ3v) is 4.30. The fourth-order valence-corrected chi connectivity index (χ4v) is 3.24. The zero-order valence-corrected chi connectivity index (χ0v) is 13.0. The summed E-state index contributed by atoms with van der Waals surface area (Å²) in [5, 5.41) is 0. The highest BCUT2D eigenvalue weighted by molar-refractivity contribution is 7.90. The average molecular weight is 301 g/mol. The van der Waals surface area contributed by atoms with Crippen LogP contribution in [0.25, 0.3) is 0 Å². The number of nitrogen functional groups attached to an aromatic ring is 1. The van der Waals surface area contributed by atoms with Crippen molar-refractivity contribution in [2.45, 2.75) is 26.7 Å². The van der Waals surface area contributed by atoms with E-state index in [9.17, 15) is 8.42 Å². The smallest absolute Gasteiger partial charge is 0.301 e. The lowest BCUT2D eigenvalue weighted by Crippen LogP contribution is -2.37. The summed E-state index contributed by atoms with van der Waals surface area (Å²) in [6.45, 7) is 4.89. The molecule has 0 bridgehead atoms. The van der Waals surface area contributed by atoms with Gasteiger partial charge in [0.2, 0.25) is 0 Å². The average Bonchev–Trinajstić information content (AvgIpc) is 2.40. The molecule has 1 aromatic rings. The molecule has 0 atom stereocenters. The van der Waals surface area contributed by atoms with Crippen molar-refractivity contribution in [1.29, 1.82) is 0 Å². The van der Waals surface area contributed by atoms with E-state index in [1.54, 1.807) is 18.2 Å². The third-order valence-electron chi connectivity index (χ3n) is 2.77. The van der Waals surface area contributed by atoms with Crippen LogP contribution in [-0.4, -0.2) is 32.9 Å². The van der Waals surface area contributed by atoms with Crippen molar-refractivity contribution in [1.82, 2.24) is 4.31 Å². The molecular weight excluding hydrogens is 278 g/mol. The standard InChI is InChI=1S/C13H23N3O3S/c1-4-8-16(9-5-2)20(17,18)15-11-6-7-12(14)13(10-11)19-3/h6-7,10,15H,4-5,8-9,14H2,1-3H3. The van der Waals surface area contributed by atoms with Crippen LogP contribution in [-0.2, 0) is 10.2 Å². The minimum absolute atomic E-state index is 0.438. The molecule has 0 aliphatic carbocycles. The van der Waals surface area contributed by atoms with Crippen LogP contribution < -0.4 is 15.2 Å². The topological polar surface area (TPSA) is 84.7 Å². The number of nitrogens with two attached hydrogens (primary N) is 1. The fraction of sp³-hybridized carbons (Fsp3) is 0.538. The quantitative estimate of drug-likeness (QED) is 0.720. The van der Waals surface area contributed by atoms with E-state index in [0.717, 1.165) is 12.8 Å². The second-order valence-electron chi connectivity index (χ2n) is 4.46. The fourth-order valence-electron chi connectivity index (χ4n) is 1.84. The molecule has 7 heteroatoms. The normalized spacial score (nSPS) is 11.6. The van der Waals surface area contributed by atoms with Gasteiger partial charge in [0, 0.05) is 19.2 Å². The summed E-state index contributed by atoms with van der Waals surface area (Å²) >= 11 is 0. The van der Waals surface area contributed by atoms with Gasteiger partial charge in [-0.05, 0) is 25.0 Å². The van der Waals surface area contributed by atoms with E-state index in [1.165, 1.54) is 11.4 Å². The van der Waals surface area contributed by atoms with Gasteiger partial charge in [-0.1, -0.05) is 13.8 Å². The number of ether oxygens (including phenoxy) is 1. The first-order valence-corrected chi connectivity index (χ1v) is 8.10. The first kappa shape index (κ1) is 16.6. The van der Waals surface area contributed by atoms with Gasteiger partial charge in [0.1, 0.15) is 5.75 Å². The van der Waals surface area contributed by atoms with E-state index in [-0.39, 0.29) is 0 Å². The van der Waals surface area contributed by atoms with Crippen molar-refractivity contribution in [3.63, 3.8) is 0 Å². The van der Waals surface area contributed by atoms with Crippen LogP contribution in [0.4, 0.5) is 11.4 Å². The molecule has 1 rings (SSSR count). The van der Waals surface area contributed by atoms with Gasteiger partial charge in [-0.3, -0.25) is 4.72 Å². The molecule has 0 aliphatic heterocycles. The Morgan fingerprint density at radius 1 is 1.25 bits per heavy atom. The van der Waals surface area contributed by atoms with Crippen molar-refractivity contribution in [3.05, 3.63) is 18.2 Å². The molecule has 0 saturated carbocycles. The molecular formula is C13H23N3O3S. The Labute approximate surface area is 121 Å². The van der Waals surface area contributed by atoms with Crippen molar-refractivity contribution < 1.29 is 13.2 Å². The van der Waals surface area contributed by atoms with Crippen molar-refractivity contribution in [2.75, 3.05) is 30.7 Å². The van der Waals surface area contributed by atoms with E-state index in [4.69, 9.17) is 10.5 Å². The van der Waals surface area contributed by atoms with Crippen LogP contribution in [0.1, 0.15) is 26.7 Å². The molecule has 0 spiro atoms. The van der Waals surface area contributed by atoms with Crippen LogP contribution in [0, 0.1) is 0 Å². The second-order valence-corrected chi connectivity index (χ2v) is 6.13. The number of nitrogens with one attached hydrogen (secondary N) is 1. The van der Waals surface area contributed by atoms with Gasteiger partial charge < -0.3 is 10.5 Å². The van der Waals surface area contributed by atoms with Crippen molar-refractivity contribution >= 4 is 21.6 Å². The molecule has 0 unspecified atom stereocenters. The summed E-state index contributed by atoms with van der Waals surface area (Å²) in [5.41, 5.74) is 6.61. The number of anilines is 2. The molecule has 0 aromatic heterocycles. The minimum Gasteiger partial charge on any atom is -0.495 e. The van der Waals surface area contributed by atoms with Gasteiger partial charge in [0.25, 0.3) is 0 Å². The number of hydrogen-bond acceptors (Lipinski definition) is 4. The van der Waals surface area contributed by atoms with Gasteiger partial charge in [-0.2, -0.15) is 12.7 Å². The molecule has 0 fully saturated rings. The highest BCUT2D eigenvalue weighted by Crippen LogP contribution is 2.25. The Morgan fingerprint density at radius 3 is 2.35 bits per heavy atom. The van der Waals surface area contributed by atoms with Gasteiger partial charge in [0.05, 0.1) is 18.5 Å². The first-order valence-electron chi connectivity index (χ1n) is 6.66. The van der Waals surface area contributed by atoms with Crippen LogP contribution in [0.3, 0.4) is 0 Å². The van der Waals surface area contributed by atoms with E-state index in [0.29, 0.717) is 30.2 Å². The van der Waals surface area contributed by atoms with Crippen molar-refractivity contribution in [2.24, 2.45) is 0 Å². The van der Waals surface area contributed by atoms with Gasteiger partial charge in [0.15, 0.2) is 0 Å². The summed E-state index contributed by atoms with van der Waals surface area (Å²) in [6.07, 6.45) is 1.54. The van der Waals surface area contributed by atoms with Crippen LogP contribution in [0.5, 0.6) is 5.75 Å². The van der Waals surface area contributed by atoms with Gasteiger partial charge in [-0.15, -0.1) is 0 Å². The summed E-state index contributed by atoms with van der Waals surface area (Å²) < 4.78 is 33.7. The maximum absolute atomic E-state index is 12.3. The summed E-state index contributed by atoms with van der Waals surface area (Å²) in [4.78, 5) is 0. The Kier molecular flexibility index (Phi) is 6.09. The molecule has 3 N–H and O–H groups in total. The molecule has 0 amide bonds. The molecule has 1 aromatic carbocycles. The first-order chi connectivity index (χ1) is 9.44. The number of hydrogen-bond donors (Lipinski definition) is 2. The monoisotopic (exact) mass is 301 g/mol. The maximum Gasteiger partial charge on any atom is 0.301 e. The molecule has 6 nitrogen and oxygen atoms in total.